The Balaban J connectivity index is 1.24. The molecule has 222 valence electrons. The van der Waals surface area contributed by atoms with E-state index in [9.17, 15) is 19.5 Å². The quantitative estimate of drug-likeness (QED) is 0.342. The zero-order valence-corrected chi connectivity index (χ0v) is 24.7. The van der Waals surface area contributed by atoms with Crippen LogP contribution in [0.25, 0.3) is 10.9 Å². The normalized spacial score (nSPS) is 17.8. The van der Waals surface area contributed by atoms with Gasteiger partial charge in [-0.3, -0.25) is 14.4 Å². The van der Waals surface area contributed by atoms with E-state index in [0.717, 1.165) is 57.7 Å². The van der Waals surface area contributed by atoms with E-state index in [1.54, 1.807) is 22.8 Å². The van der Waals surface area contributed by atoms with Crippen molar-refractivity contribution in [2.24, 2.45) is 5.92 Å². The fourth-order valence-electron chi connectivity index (χ4n) is 6.22. The molecular formula is C31H33Cl2FN4O4. The summed E-state index contributed by atoms with van der Waals surface area (Å²) in [7, 11) is 0. The number of carbonyl (C=O) groups is 2. The number of hydrogen-bond acceptors (Lipinski definition) is 5. The number of phenols is 1. The van der Waals surface area contributed by atoms with Crippen LogP contribution in [0, 0.1) is 11.7 Å². The largest absolute Gasteiger partial charge is 0.504 e. The molecule has 0 unspecified atom stereocenters. The molecule has 2 amide bonds. The molecule has 3 aromatic rings. The predicted molar refractivity (Wildman–Crippen MR) is 161 cm³/mol. The summed E-state index contributed by atoms with van der Waals surface area (Å²) in [5, 5.41) is 15.0. The number of aromatic hydroxyl groups is 1. The van der Waals surface area contributed by atoms with Gasteiger partial charge in [-0.05, 0) is 68.2 Å². The second-order valence-electron chi connectivity index (χ2n) is 11.6. The Morgan fingerprint density at radius 2 is 1.83 bits per heavy atom. The second kappa shape index (κ2) is 11.8. The van der Waals surface area contributed by atoms with Crippen LogP contribution in [0.15, 0.2) is 35.3 Å². The number of amides is 2. The van der Waals surface area contributed by atoms with Crippen LogP contribution in [-0.4, -0.2) is 52.6 Å². The lowest BCUT2D eigenvalue weighted by Gasteiger charge is -2.35. The van der Waals surface area contributed by atoms with Gasteiger partial charge in [-0.25, -0.2) is 4.39 Å². The van der Waals surface area contributed by atoms with Gasteiger partial charge in [0.25, 0.3) is 5.91 Å². The Morgan fingerprint density at radius 3 is 2.50 bits per heavy atom. The van der Waals surface area contributed by atoms with Crippen molar-refractivity contribution in [2.75, 3.05) is 31.1 Å². The van der Waals surface area contributed by atoms with Gasteiger partial charge in [-0.1, -0.05) is 29.3 Å². The zero-order chi connectivity index (χ0) is 29.5. The van der Waals surface area contributed by atoms with E-state index in [4.69, 9.17) is 23.2 Å². The topological polar surface area (TPSA) is 94.9 Å². The summed E-state index contributed by atoms with van der Waals surface area (Å²) in [5.41, 5.74) is 0.227. The fraction of sp³-hybridized carbons (Fsp3) is 0.452. The second-order valence-corrected chi connectivity index (χ2v) is 12.4. The third-order valence-electron chi connectivity index (χ3n) is 8.77. The number of phenolic OH excluding ortho intramolecular Hbond substituents is 1. The predicted octanol–water partition coefficient (Wildman–Crippen LogP) is 5.65. The number of likely N-dealkylation sites (tertiary alicyclic amines) is 1. The summed E-state index contributed by atoms with van der Waals surface area (Å²) < 4.78 is 17.4. The maximum absolute atomic E-state index is 15.6. The van der Waals surface area contributed by atoms with Crippen LogP contribution in [-0.2, 0) is 11.3 Å². The lowest BCUT2D eigenvalue weighted by molar-refractivity contribution is -0.127. The lowest BCUT2D eigenvalue weighted by atomic mass is 9.92. The van der Waals surface area contributed by atoms with Crippen LogP contribution in [0.2, 0.25) is 10.0 Å². The Labute approximate surface area is 253 Å². The van der Waals surface area contributed by atoms with Crippen LogP contribution in [0.5, 0.6) is 5.75 Å². The molecule has 42 heavy (non-hydrogen) atoms. The van der Waals surface area contributed by atoms with E-state index >= 15 is 4.39 Å². The number of nitrogens with zero attached hydrogens (tertiary/aromatic N) is 3. The number of rotatable bonds is 8. The molecule has 3 heterocycles. The first kappa shape index (κ1) is 28.8. The van der Waals surface area contributed by atoms with Gasteiger partial charge in [0.1, 0.15) is 11.3 Å². The first-order valence-electron chi connectivity index (χ1n) is 14.6. The van der Waals surface area contributed by atoms with Crippen molar-refractivity contribution in [3.05, 3.63) is 67.7 Å². The monoisotopic (exact) mass is 614 g/mol. The van der Waals surface area contributed by atoms with Crippen molar-refractivity contribution < 1.29 is 19.1 Å². The summed E-state index contributed by atoms with van der Waals surface area (Å²) >= 11 is 12.2. The average Bonchev–Trinajstić information content (AvgIpc) is 3.73. The maximum Gasteiger partial charge on any atom is 0.257 e. The minimum absolute atomic E-state index is 0.00797. The van der Waals surface area contributed by atoms with Crippen molar-refractivity contribution in [1.29, 1.82) is 0 Å². The van der Waals surface area contributed by atoms with Gasteiger partial charge in [0.05, 0.1) is 10.9 Å². The van der Waals surface area contributed by atoms with E-state index in [2.05, 4.69) is 5.32 Å². The first-order chi connectivity index (χ1) is 20.2. The Hall–Kier alpha value is -3.30. The van der Waals surface area contributed by atoms with Crippen molar-refractivity contribution >= 4 is 51.6 Å². The number of pyridine rings is 1. The molecule has 0 bridgehead atoms. The standard InChI is InChI=1S/C31H33Cl2FN4O4/c32-20-4-3-19(24(33)14-20)16-35-31(42)23-17-38(21-5-6-21)27-22(29(23)40)15-25(34)28(30(27)41)37-12-8-18(9-13-37)7-11-36-10-1-2-26(36)39/h3-4,14-15,17-18,21,41H,1-2,5-13,16H2,(H,35,42). The molecule has 1 saturated carbocycles. The number of benzene rings is 2. The van der Waals surface area contributed by atoms with E-state index in [-0.39, 0.29) is 46.4 Å². The Kier molecular flexibility index (Phi) is 8.07. The molecule has 6 rings (SSSR count). The summed E-state index contributed by atoms with van der Waals surface area (Å²) in [6, 6.07) is 6.09. The lowest BCUT2D eigenvalue weighted by Crippen LogP contribution is -2.36. The molecule has 3 aliphatic rings. The van der Waals surface area contributed by atoms with Crippen molar-refractivity contribution in [3.8, 4) is 5.75 Å². The van der Waals surface area contributed by atoms with Gasteiger partial charge in [-0.2, -0.15) is 0 Å². The van der Waals surface area contributed by atoms with Gasteiger partial charge in [0.15, 0.2) is 11.6 Å². The minimum atomic E-state index is -0.689. The van der Waals surface area contributed by atoms with Crippen LogP contribution in [0.4, 0.5) is 10.1 Å². The molecule has 8 nitrogen and oxygen atoms in total. The number of hydrogen-bond donors (Lipinski definition) is 2. The molecule has 0 spiro atoms. The molecule has 1 aromatic heterocycles. The summed E-state index contributed by atoms with van der Waals surface area (Å²) in [5.74, 6) is -0.914. The fourth-order valence-corrected chi connectivity index (χ4v) is 6.70. The van der Waals surface area contributed by atoms with Gasteiger partial charge < -0.3 is 24.8 Å². The number of nitrogens with one attached hydrogen (secondary N) is 1. The van der Waals surface area contributed by atoms with Gasteiger partial charge in [0, 0.05) is 61.4 Å². The number of fused-ring (bicyclic) bond motifs is 1. The molecular weight excluding hydrogens is 582 g/mol. The molecule has 0 atom stereocenters. The molecule has 2 N–H and O–H groups in total. The summed E-state index contributed by atoms with van der Waals surface area (Å²) in [6.07, 6.45) is 7.27. The molecule has 2 aromatic carbocycles. The van der Waals surface area contributed by atoms with Gasteiger partial charge in [0.2, 0.25) is 11.3 Å². The molecule has 2 saturated heterocycles. The molecule has 3 fully saturated rings. The Morgan fingerprint density at radius 1 is 1.07 bits per heavy atom. The van der Waals surface area contributed by atoms with Crippen LogP contribution in [0.3, 0.4) is 0 Å². The van der Waals surface area contributed by atoms with Crippen LogP contribution < -0.4 is 15.6 Å². The number of anilines is 1. The first-order valence-corrected chi connectivity index (χ1v) is 15.3. The number of carbonyl (C=O) groups excluding carboxylic acids is 2. The van der Waals surface area contributed by atoms with Gasteiger partial charge >= 0.3 is 0 Å². The third-order valence-corrected chi connectivity index (χ3v) is 9.35. The minimum Gasteiger partial charge on any atom is -0.504 e. The average molecular weight is 616 g/mol. The van der Waals surface area contributed by atoms with E-state index in [1.807, 2.05) is 9.80 Å². The van der Waals surface area contributed by atoms with E-state index < -0.39 is 17.2 Å². The Bertz CT molecular complexity index is 1610. The van der Waals surface area contributed by atoms with Crippen LogP contribution in [0.1, 0.15) is 66.9 Å². The van der Waals surface area contributed by atoms with Crippen molar-refractivity contribution in [3.63, 3.8) is 0 Å². The molecule has 2 aliphatic heterocycles. The van der Waals surface area contributed by atoms with Crippen molar-refractivity contribution in [1.82, 2.24) is 14.8 Å². The number of halogens is 3. The highest BCUT2D eigenvalue weighted by Gasteiger charge is 2.32. The maximum atomic E-state index is 15.6. The van der Waals surface area contributed by atoms with E-state index in [1.165, 1.54) is 6.20 Å². The SMILES string of the molecule is O=C(NCc1ccc(Cl)cc1Cl)c1cn(C2CC2)c2c(O)c(N3CCC(CCN4CCCC4=O)CC3)c(F)cc2c1=O. The summed E-state index contributed by atoms with van der Waals surface area (Å²) in [6.45, 7) is 2.80. The number of aromatic nitrogens is 1. The summed E-state index contributed by atoms with van der Waals surface area (Å²) in [4.78, 5) is 42.3. The molecule has 0 radical (unpaired) electrons. The highest BCUT2D eigenvalue weighted by Crippen LogP contribution is 2.44. The van der Waals surface area contributed by atoms with Crippen molar-refractivity contribution in [2.45, 2.75) is 57.5 Å². The van der Waals surface area contributed by atoms with Crippen LogP contribution >= 0.6 is 23.2 Å². The smallest absolute Gasteiger partial charge is 0.257 e. The zero-order valence-electron chi connectivity index (χ0n) is 23.2. The molecule has 11 heteroatoms. The van der Waals surface area contributed by atoms with Gasteiger partial charge in [-0.15, -0.1) is 0 Å². The highest BCUT2D eigenvalue weighted by atomic mass is 35.5. The van der Waals surface area contributed by atoms with E-state index in [0.29, 0.717) is 41.0 Å². The third kappa shape index (κ3) is 5.69. The number of piperidine rings is 1. The molecule has 1 aliphatic carbocycles. The highest BCUT2D eigenvalue weighted by molar-refractivity contribution is 6.35.